The van der Waals surface area contributed by atoms with E-state index in [9.17, 15) is 13.2 Å². The van der Waals surface area contributed by atoms with E-state index in [0.717, 1.165) is 6.42 Å². The van der Waals surface area contributed by atoms with E-state index in [4.69, 9.17) is 0 Å². The summed E-state index contributed by atoms with van der Waals surface area (Å²) in [5.74, 6) is 0. The van der Waals surface area contributed by atoms with Crippen molar-refractivity contribution in [2.45, 2.75) is 39.0 Å². The van der Waals surface area contributed by atoms with E-state index in [0.29, 0.717) is 5.69 Å². The Morgan fingerprint density at radius 3 is 2.82 bits per heavy atom. The van der Waals surface area contributed by atoms with Crippen LogP contribution in [0.5, 0.6) is 0 Å². The predicted molar refractivity (Wildman–Crippen MR) is 56.1 cm³/mol. The smallest absolute Gasteiger partial charge is 0.292 e. The van der Waals surface area contributed by atoms with E-state index in [-0.39, 0.29) is 12.6 Å². The third-order valence-corrected chi connectivity index (χ3v) is 2.30. The van der Waals surface area contributed by atoms with Gasteiger partial charge in [-0.25, -0.2) is 0 Å². The molecule has 0 radical (unpaired) electrons. The quantitative estimate of drug-likeness (QED) is 0.623. The topological polar surface area (TPSA) is 39.1 Å². The Balaban J connectivity index is 2.30. The minimum absolute atomic E-state index is 0.152. The Morgan fingerprint density at radius 1 is 1.53 bits per heavy atom. The second kappa shape index (κ2) is 6.02. The molecule has 7 heteroatoms. The monoisotopic (exact) mass is 251 g/mol. The molecule has 0 aliphatic carbocycles. The van der Waals surface area contributed by atoms with Gasteiger partial charge in [-0.1, -0.05) is 6.92 Å². The van der Waals surface area contributed by atoms with Crippen molar-refractivity contribution in [3.63, 3.8) is 0 Å². The number of hydrogen-bond donors (Lipinski definition) is 1. The molecule has 1 unspecified atom stereocenters. The molecule has 0 saturated carbocycles. The van der Waals surface area contributed by atoms with Crippen LogP contribution in [-0.4, -0.2) is 22.6 Å². The van der Waals surface area contributed by atoms with Crippen LogP contribution in [0.3, 0.4) is 0 Å². The van der Waals surface area contributed by atoms with Crippen LogP contribution < -0.4 is 5.48 Å². The lowest BCUT2D eigenvalue weighted by molar-refractivity contribution is -0.190. The highest BCUT2D eigenvalue weighted by molar-refractivity contribution is 4.98. The van der Waals surface area contributed by atoms with Crippen molar-refractivity contribution in [1.29, 1.82) is 0 Å². The van der Waals surface area contributed by atoms with Gasteiger partial charge in [-0.05, 0) is 19.4 Å². The number of aromatic nitrogens is 2. The maximum absolute atomic E-state index is 11.8. The fourth-order valence-electron chi connectivity index (χ4n) is 1.16. The molecule has 0 fully saturated rings. The minimum Gasteiger partial charge on any atom is -0.292 e. The summed E-state index contributed by atoms with van der Waals surface area (Å²) in [6.07, 6.45) is -1.57. The SMILES string of the molecule is CCC(C)n1ccc(CNOCC(F)(F)F)n1. The first-order valence-corrected chi connectivity index (χ1v) is 5.38. The molecule has 4 nitrogen and oxygen atoms in total. The molecule has 17 heavy (non-hydrogen) atoms. The Labute approximate surface area is 97.7 Å². The van der Waals surface area contributed by atoms with Crippen LogP contribution in [0.15, 0.2) is 12.3 Å². The van der Waals surface area contributed by atoms with Crippen molar-refractivity contribution in [3.8, 4) is 0 Å². The summed E-state index contributed by atoms with van der Waals surface area (Å²) in [5.41, 5.74) is 2.88. The molecular formula is C10H16F3N3O. The first-order chi connectivity index (χ1) is 7.92. The number of alkyl halides is 3. The van der Waals surface area contributed by atoms with Crippen molar-refractivity contribution >= 4 is 0 Å². The summed E-state index contributed by atoms with van der Waals surface area (Å²) in [4.78, 5) is 4.27. The van der Waals surface area contributed by atoms with Gasteiger partial charge in [0, 0.05) is 12.2 Å². The molecule has 1 atom stereocenters. The van der Waals surface area contributed by atoms with Gasteiger partial charge in [-0.15, -0.1) is 0 Å². The van der Waals surface area contributed by atoms with Crippen molar-refractivity contribution in [2.75, 3.05) is 6.61 Å². The highest BCUT2D eigenvalue weighted by atomic mass is 19.4. The highest BCUT2D eigenvalue weighted by Gasteiger charge is 2.27. The number of nitrogens with zero attached hydrogens (tertiary/aromatic N) is 2. The predicted octanol–water partition coefficient (Wildman–Crippen LogP) is 2.44. The zero-order valence-corrected chi connectivity index (χ0v) is 9.79. The fraction of sp³-hybridized carbons (Fsp3) is 0.700. The minimum atomic E-state index is -4.32. The molecule has 0 aliphatic rings. The third kappa shape index (κ3) is 5.18. The van der Waals surface area contributed by atoms with Crippen LogP contribution in [-0.2, 0) is 11.4 Å². The Hall–Kier alpha value is -1.08. The molecule has 1 aromatic heterocycles. The zero-order valence-electron chi connectivity index (χ0n) is 9.79. The second-order valence-corrected chi connectivity index (χ2v) is 3.77. The van der Waals surface area contributed by atoms with E-state index in [1.54, 1.807) is 16.9 Å². The number of hydrogen-bond acceptors (Lipinski definition) is 3. The van der Waals surface area contributed by atoms with E-state index in [2.05, 4.69) is 15.4 Å². The first kappa shape index (κ1) is 14.0. The molecule has 98 valence electrons. The lowest BCUT2D eigenvalue weighted by atomic mass is 10.3. The molecule has 0 spiro atoms. The summed E-state index contributed by atoms with van der Waals surface area (Å²) in [6, 6.07) is 2.02. The van der Waals surface area contributed by atoms with Crippen molar-refractivity contribution in [3.05, 3.63) is 18.0 Å². The average molecular weight is 251 g/mol. The molecule has 1 heterocycles. The summed E-state index contributed by atoms with van der Waals surface area (Å²) in [7, 11) is 0. The standard InChI is InChI=1S/C10H16F3N3O/c1-3-8(2)16-5-4-9(15-16)6-14-17-7-10(11,12)13/h4-5,8,14H,3,6-7H2,1-2H3. The van der Waals surface area contributed by atoms with Crippen molar-refractivity contribution in [2.24, 2.45) is 0 Å². The van der Waals surface area contributed by atoms with Crippen LogP contribution >= 0.6 is 0 Å². The lowest BCUT2D eigenvalue weighted by Gasteiger charge is -2.09. The number of nitrogens with one attached hydrogen (secondary N) is 1. The van der Waals surface area contributed by atoms with Gasteiger partial charge in [0.2, 0.25) is 0 Å². The lowest BCUT2D eigenvalue weighted by Crippen LogP contribution is -2.24. The van der Waals surface area contributed by atoms with Gasteiger partial charge in [0.25, 0.3) is 0 Å². The molecule has 0 saturated heterocycles. The number of halogens is 3. The fourth-order valence-corrected chi connectivity index (χ4v) is 1.16. The molecule has 1 N–H and O–H groups in total. The number of rotatable bonds is 6. The Kier molecular flexibility index (Phi) is 4.95. The van der Waals surface area contributed by atoms with Gasteiger partial charge in [0.05, 0.1) is 12.2 Å². The third-order valence-electron chi connectivity index (χ3n) is 2.30. The van der Waals surface area contributed by atoms with Crippen LogP contribution in [0.25, 0.3) is 0 Å². The van der Waals surface area contributed by atoms with Crippen molar-refractivity contribution < 1.29 is 18.0 Å². The summed E-state index contributed by atoms with van der Waals surface area (Å²) >= 11 is 0. The first-order valence-electron chi connectivity index (χ1n) is 5.38. The maximum atomic E-state index is 11.8. The summed E-state index contributed by atoms with van der Waals surface area (Å²) in [6.45, 7) is 2.90. The van der Waals surface area contributed by atoms with E-state index in [1.807, 2.05) is 13.8 Å². The van der Waals surface area contributed by atoms with Gasteiger partial charge in [-0.2, -0.15) is 23.8 Å². The van der Waals surface area contributed by atoms with Crippen molar-refractivity contribution in [1.82, 2.24) is 15.3 Å². The van der Waals surface area contributed by atoms with Crippen LogP contribution in [0, 0.1) is 0 Å². The van der Waals surface area contributed by atoms with E-state index in [1.165, 1.54) is 0 Å². The van der Waals surface area contributed by atoms with E-state index >= 15 is 0 Å². The Morgan fingerprint density at radius 2 is 2.24 bits per heavy atom. The molecule has 1 aromatic rings. The molecular weight excluding hydrogens is 235 g/mol. The molecule has 1 rings (SSSR count). The summed E-state index contributed by atoms with van der Waals surface area (Å²) in [5, 5.41) is 4.21. The average Bonchev–Trinajstić information content (AvgIpc) is 2.70. The summed E-state index contributed by atoms with van der Waals surface area (Å²) < 4.78 is 37.0. The highest BCUT2D eigenvalue weighted by Crippen LogP contribution is 2.13. The van der Waals surface area contributed by atoms with Crippen LogP contribution in [0.1, 0.15) is 32.0 Å². The van der Waals surface area contributed by atoms with Gasteiger partial charge in [-0.3, -0.25) is 9.52 Å². The molecule has 0 aliphatic heterocycles. The molecule has 0 aromatic carbocycles. The largest absolute Gasteiger partial charge is 0.413 e. The molecule has 0 bridgehead atoms. The van der Waals surface area contributed by atoms with Crippen LogP contribution in [0.2, 0.25) is 0 Å². The maximum Gasteiger partial charge on any atom is 0.413 e. The van der Waals surface area contributed by atoms with Crippen LogP contribution in [0.4, 0.5) is 13.2 Å². The normalized spacial score (nSPS) is 13.9. The zero-order chi connectivity index (χ0) is 12.9. The van der Waals surface area contributed by atoms with Gasteiger partial charge >= 0.3 is 6.18 Å². The van der Waals surface area contributed by atoms with Gasteiger partial charge in [0.1, 0.15) is 0 Å². The Bertz CT molecular complexity index is 338. The molecule has 0 amide bonds. The van der Waals surface area contributed by atoms with E-state index < -0.39 is 12.8 Å². The van der Waals surface area contributed by atoms with Gasteiger partial charge < -0.3 is 0 Å². The van der Waals surface area contributed by atoms with Gasteiger partial charge in [0.15, 0.2) is 6.61 Å². The second-order valence-electron chi connectivity index (χ2n) is 3.77. The number of hydroxylamine groups is 1.